The third-order valence-corrected chi connectivity index (χ3v) is 3.73. The summed E-state index contributed by atoms with van der Waals surface area (Å²) in [6, 6.07) is 2.02. The molecule has 0 aliphatic heterocycles. The molecular formula is C14H19ClN4S. The highest BCUT2D eigenvalue weighted by molar-refractivity contribution is 7.18. The van der Waals surface area contributed by atoms with Crippen molar-refractivity contribution in [1.82, 2.24) is 15.0 Å². The van der Waals surface area contributed by atoms with Crippen LogP contribution in [-0.4, -0.2) is 21.5 Å². The lowest BCUT2D eigenvalue weighted by atomic mass is 10.1. The molecule has 0 aliphatic rings. The van der Waals surface area contributed by atoms with E-state index in [0.29, 0.717) is 16.1 Å². The molecule has 2 aromatic heterocycles. The van der Waals surface area contributed by atoms with E-state index in [2.05, 4.69) is 41.0 Å². The van der Waals surface area contributed by atoms with Crippen LogP contribution in [0.1, 0.15) is 32.9 Å². The zero-order valence-corrected chi connectivity index (χ0v) is 13.6. The van der Waals surface area contributed by atoms with Gasteiger partial charge < -0.3 is 5.32 Å². The molecule has 2 rings (SSSR count). The van der Waals surface area contributed by atoms with Crippen molar-refractivity contribution in [3.05, 3.63) is 22.3 Å². The summed E-state index contributed by atoms with van der Waals surface area (Å²) in [7, 11) is 0. The van der Waals surface area contributed by atoms with Gasteiger partial charge in [0.2, 0.25) is 0 Å². The maximum atomic E-state index is 5.94. The number of hydrogen-bond donors (Lipinski definition) is 1. The largest absolute Gasteiger partial charge is 0.370 e. The highest BCUT2D eigenvalue weighted by Gasteiger charge is 2.11. The number of anilines is 1. The van der Waals surface area contributed by atoms with E-state index in [4.69, 9.17) is 11.6 Å². The van der Waals surface area contributed by atoms with E-state index in [1.807, 2.05) is 6.07 Å². The van der Waals surface area contributed by atoms with Crippen LogP contribution in [0.3, 0.4) is 0 Å². The van der Waals surface area contributed by atoms with Gasteiger partial charge in [-0.1, -0.05) is 43.7 Å². The number of nitrogens with zero attached hydrogens (tertiary/aromatic N) is 3. The van der Waals surface area contributed by atoms with E-state index in [9.17, 15) is 0 Å². The number of hydrogen-bond acceptors (Lipinski definition) is 5. The molecule has 2 heterocycles. The third kappa shape index (κ3) is 4.15. The first-order valence-electron chi connectivity index (χ1n) is 6.82. The molecule has 0 saturated heterocycles. The molecule has 6 heteroatoms. The molecule has 0 aliphatic carbocycles. The maximum absolute atomic E-state index is 5.94. The summed E-state index contributed by atoms with van der Waals surface area (Å²) in [4.78, 5) is 13.4. The van der Waals surface area contributed by atoms with Crippen molar-refractivity contribution >= 4 is 28.8 Å². The minimum Gasteiger partial charge on any atom is -0.370 e. The van der Waals surface area contributed by atoms with Gasteiger partial charge in [0, 0.05) is 18.3 Å². The summed E-state index contributed by atoms with van der Waals surface area (Å²) in [5.41, 5.74) is 1.04. The van der Waals surface area contributed by atoms with Gasteiger partial charge in [-0.3, -0.25) is 0 Å². The highest BCUT2D eigenvalue weighted by Crippen LogP contribution is 2.27. The molecular weight excluding hydrogens is 292 g/mol. The number of nitrogens with one attached hydrogen (secondary N) is 1. The van der Waals surface area contributed by atoms with Gasteiger partial charge >= 0.3 is 0 Å². The van der Waals surface area contributed by atoms with Gasteiger partial charge in [-0.25, -0.2) is 15.0 Å². The summed E-state index contributed by atoms with van der Waals surface area (Å²) in [5.74, 6) is 2.06. The zero-order valence-electron chi connectivity index (χ0n) is 12.0. The van der Waals surface area contributed by atoms with Crippen molar-refractivity contribution < 1.29 is 0 Å². The second kappa shape index (κ2) is 6.99. The van der Waals surface area contributed by atoms with Gasteiger partial charge in [0.1, 0.15) is 10.2 Å². The van der Waals surface area contributed by atoms with E-state index in [-0.39, 0.29) is 0 Å². The molecule has 0 bridgehead atoms. The molecule has 20 heavy (non-hydrogen) atoms. The molecule has 0 atom stereocenters. The maximum Gasteiger partial charge on any atom is 0.190 e. The van der Waals surface area contributed by atoms with Crippen LogP contribution in [0.15, 0.2) is 12.3 Å². The van der Waals surface area contributed by atoms with Crippen LogP contribution in [0.5, 0.6) is 0 Å². The van der Waals surface area contributed by atoms with Crippen LogP contribution < -0.4 is 5.32 Å². The fourth-order valence-corrected chi connectivity index (χ4v) is 2.66. The zero-order chi connectivity index (χ0) is 14.5. The van der Waals surface area contributed by atoms with Crippen molar-refractivity contribution in [2.45, 2.75) is 33.6 Å². The fraction of sp³-hybridized carbons (Fsp3) is 0.500. The van der Waals surface area contributed by atoms with Gasteiger partial charge in [-0.2, -0.15) is 0 Å². The SMILES string of the molecule is CCCNc1cc(CC(C)C)nc(-c2ncc(Cl)s2)n1. The Bertz CT molecular complexity index is 568. The van der Waals surface area contributed by atoms with Gasteiger partial charge in [0.15, 0.2) is 10.8 Å². The van der Waals surface area contributed by atoms with Crippen molar-refractivity contribution in [3.8, 4) is 10.8 Å². The third-order valence-electron chi connectivity index (χ3n) is 2.62. The molecule has 0 unspecified atom stereocenters. The number of thiazole rings is 1. The average Bonchev–Trinajstić information content (AvgIpc) is 2.82. The lowest BCUT2D eigenvalue weighted by Crippen LogP contribution is -2.07. The van der Waals surface area contributed by atoms with Crippen LogP contribution in [0.4, 0.5) is 5.82 Å². The van der Waals surface area contributed by atoms with E-state index >= 15 is 0 Å². The molecule has 2 aromatic rings. The van der Waals surface area contributed by atoms with Crippen molar-refractivity contribution in [2.24, 2.45) is 5.92 Å². The first-order chi connectivity index (χ1) is 9.58. The number of aromatic nitrogens is 3. The topological polar surface area (TPSA) is 50.7 Å². The standard InChI is InChI=1S/C14H19ClN4S/c1-4-5-16-12-7-10(6-9(2)3)18-13(19-12)14-17-8-11(15)20-14/h7-9H,4-6H2,1-3H3,(H,16,18,19). The average molecular weight is 311 g/mol. The molecule has 0 radical (unpaired) electrons. The summed E-state index contributed by atoms with van der Waals surface area (Å²) >= 11 is 7.35. The summed E-state index contributed by atoms with van der Waals surface area (Å²) in [5, 5.41) is 4.08. The molecule has 4 nitrogen and oxygen atoms in total. The van der Waals surface area contributed by atoms with Gasteiger partial charge in [-0.15, -0.1) is 0 Å². The molecule has 0 amide bonds. The Hall–Kier alpha value is -1.20. The smallest absolute Gasteiger partial charge is 0.190 e. The van der Waals surface area contributed by atoms with E-state index in [1.54, 1.807) is 6.20 Å². The van der Waals surface area contributed by atoms with Crippen LogP contribution in [0.25, 0.3) is 10.8 Å². The summed E-state index contributed by atoms with van der Waals surface area (Å²) in [6.45, 7) is 7.39. The minimum absolute atomic E-state index is 0.552. The van der Waals surface area contributed by atoms with Gasteiger partial charge in [0.05, 0.1) is 6.20 Å². The van der Waals surface area contributed by atoms with E-state index in [0.717, 1.165) is 35.9 Å². The van der Waals surface area contributed by atoms with Crippen molar-refractivity contribution in [3.63, 3.8) is 0 Å². The first kappa shape index (κ1) is 15.2. The fourth-order valence-electron chi connectivity index (χ4n) is 1.82. The summed E-state index contributed by atoms with van der Waals surface area (Å²) in [6.07, 6.45) is 3.62. The Morgan fingerprint density at radius 2 is 2.15 bits per heavy atom. The Balaban J connectivity index is 2.34. The predicted molar refractivity (Wildman–Crippen MR) is 85.5 cm³/mol. The Morgan fingerprint density at radius 3 is 2.75 bits per heavy atom. The molecule has 1 N–H and O–H groups in total. The second-order valence-corrected chi connectivity index (χ2v) is 6.72. The predicted octanol–water partition coefficient (Wildman–Crippen LogP) is 4.27. The minimum atomic E-state index is 0.552. The monoisotopic (exact) mass is 310 g/mol. The van der Waals surface area contributed by atoms with Crippen molar-refractivity contribution in [1.29, 1.82) is 0 Å². The highest BCUT2D eigenvalue weighted by atomic mass is 35.5. The van der Waals surface area contributed by atoms with E-state index in [1.165, 1.54) is 11.3 Å². The van der Waals surface area contributed by atoms with Gasteiger partial charge in [-0.05, 0) is 18.8 Å². The van der Waals surface area contributed by atoms with Crippen LogP contribution in [0.2, 0.25) is 4.34 Å². The molecule has 0 fully saturated rings. The van der Waals surface area contributed by atoms with Gasteiger partial charge in [0.25, 0.3) is 0 Å². The molecule has 0 spiro atoms. The lowest BCUT2D eigenvalue weighted by molar-refractivity contribution is 0.634. The molecule has 0 aromatic carbocycles. The summed E-state index contributed by atoms with van der Waals surface area (Å²) < 4.78 is 0.654. The second-order valence-electron chi connectivity index (χ2n) is 5.06. The molecule has 108 valence electrons. The lowest BCUT2D eigenvalue weighted by Gasteiger charge is -2.09. The quantitative estimate of drug-likeness (QED) is 0.865. The normalized spacial score (nSPS) is 11.1. The Labute approximate surface area is 128 Å². The van der Waals surface area contributed by atoms with Crippen LogP contribution in [-0.2, 0) is 6.42 Å². The number of halogens is 1. The number of rotatable bonds is 6. The van der Waals surface area contributed by atoms with Crippen LogP contribution in [0, 0.1) is 5.92 Å². The first-order valence-corrected chi connectivity index (χ1v) is 8.01. The van der Waals surface area contributed by atoms with E-state index < -0.39 is 0 Å². The molecule has 0 saturated carbocycles. The van der Waals surface area contributed by atoms with Crippen LogP contribution >= 0.6 is 22.9 Å². The van der Waals surface area contributed by atoms with Crippen molar-refractivity contribution in [2.75, 3.05) is 11.9 Å². The Morgan fingerprint density at radius 1 is 1.35 bits per heavy atom. The Kier molecular flexibility index (Phi) is 5.31.